The second-order valence-corrected chi connectivity index (χ2v) is 6.08. The molecule has 3 heterocycles. The molecule has 0 fully saturated rings. The third-order valence-electron chi connectivity index (χ3n) is 3.38. The van der Waals surface area contributed by atoms with Gasteiger partial charge in [-0.05, 0) is 24.3 Å². The summed E-state index contributed by atoms with van der Waals surface area (Å²) in [4.78, 5) is 30.2. The Morgan fingerprint density at radius 2 is 2.32 bits per heavy atom. The lowest BCUT2D eigenvalue weighted by atomic mass is 10.2. The molecule has 0 aromatic carbocycles. The summed E-state index contributed by atoms with van der Waals surface area (Å²) >= 11 is 1.33. The van der Waals surface area contributed by atoms with E-state index in [1.165, 1.54) is 11.8 Å². The van der Waals surface area contributed by atoms with Crippen LogP contribution in [0.1, 0.15) is 12.2 Å². The summed E-state index contributed by atoms with van der Waals surface area (Å²) in [6, 6.07) is 7.19. The molecule has 2 aromatic rings. The third kappa shape index (κ3) is 2.99. The van der Waals surface area contributed by atoms with Crippen LogP contribution in [0.2, 0.25) is 0 Å². The van der Waals surface area contributed by atoms with E-state index in [9.17, 15) is 9.59 Å². The Balaban J connectivity index is 1.63. The molecule has 0 saturated heterocycles. The SMILES string of the molecule is CN1C(=O)[C@@H](CC(=O)NCc2ccco2)Sc2ncccc21. The van der Waals surface area contributed by atoms with Crippen molar-refractivity contribution in [2.75, 3.05) is 11.9 Å². The molecule has 0 spiro atoms. The highest BCUT2D eigenvalue weighted by atomic mass is 32.2. The lowest BCUT2D eigenvalue weighted by molar-refractivity contribution is -0.124. The minimum atomic E-state index is -0.455. The quantitative estimate of drug-likeness (QED) is 0.931. The third-order valence-corrected chi connectivity index (χ3v) is 4.57. The zero-order valence-corrected chi connectivity index (χ0v) is 12.8. The van der Waals surface area contributed by atoms with E-state index < -0.39 is 5.25 Å². The Hall–Kier alpha value is -2.28. The number of hydrogen-bond acceptors (Lipinski definition) is 5. The number of fused-ring (bicyclic) bond motifs is 1. The zero-order chi connectivity index (χ0) is 15.5. The molecule has 7 heteroatoms. The molecule has 3 rings (SSSR count). The van der Waals surface area contributed by atoms with Gasteiger partial charge in [0.2, 0.25) is 11.8 Å². The van der Waals surface area contributed by atoms with Crippen LogP contribution in [0.5, 0.6) is 0 Å². The molecular weight excluding hydrogens is 302 g/mol. The van der Waals surface area contributed by atoms with Crippen LogP contribution in [0.25, 0.3) is 0 Å². The Morgan fingerprint density at radius 1 is 1.45 bits per heavy atom. The van der Waals surface area contributed by atoms with Crippen molar-refractivity contribution in [1.82, 2.24) is 10.3 Å². The van der Waals surface area contributed by atoms with Gasteiger partial charge in [-0.25, -0.2) is 4.98 Å². The minimum absolute atomic E-state index is 0.0846. The van der Waals surface area contributed by atoms with Crippen LogP contribution >= 0.6 is 11.8 Å². The molecule has 1 atom stereocenters. The molecule has 2 amide bonds. The number of anilines is 1. The van der Waals surface area contributed by atoms with Gasteiger partial charge in [0.15, 0.2) is 0 Å². The first-order valence-electron chi connectivity index (χ1n) is 6.83. The summed E-state index contributed by atoms with van der Waals surface area (Å²) in [6.07, 6.45) is 3.35. The lowest BCUT2D eigenvalue weighted by Crippen LogP contribution is -2.41. The molecule has 0 saturated carbocycles. The van der Waals surface area contributed by atoms with Gasteiger partial charge in [0, 0.05) is 19.7 Å². The Bertz CT molecular complexity index is 687. The second-order valence-electron chi connectivity index (χ2n) is 4.89. The smallest absolute Gasteiger partial charge is 0.240 e. The minimum Gasteiger partial charge on any atom is -0.467 e. The summed E-state index contributed by atoms with van der Waals surface area (Å²) in [7, 11) is 1.70. The number of thioether (sulfide) groups is 1. The van der Waals surface area contributed by atoms with Gasteiger partial charge in [-0.1, -0.05) is 11.8 Å². The van der Waals surface area contributed by atoms with Crippen molar-refractivity contribution in [3.05, 3.63) is 42.5 Å². The van der Waals surface area contributed by atoms with Gasteiger partial charge in [0.1, 0.15) is 10.8 Å². The van der Waals surface area contributed by atoms with Crippen LogP contribution in [-0.4, -0.2) is 29.1 Å². The first-order chi connectivity index (χ1) is 10.6. The van der Waals surface area contributed by atoms with Gasteiger partial charge < -0.3 is 14.6 Å². The van der Waals surface area contributed by atoms with Crippen molar-refractivity contribution in [1.29, 1.82) is 0 Å². The van der Waals surface area contributed by atoms with Crippen molar-refractivity contribution in [3.8, 4) is 0 Å². The van der Waals surface area contributed by atoms with E-state index >= 15 is 0 Å². The maximum atomic E-state index is 12.3. The maximum absolute atomic E-state index is 12.3. The normalized spacial score (nSPS) is 17.2. The number of nitrogens with one attached hydrogen (secondary N) is 1. The fourth-order valence-corrected chi connectivity index (χ4v) is 3.43. The van der Waals surface area contributed by atoms with Gasteiger partial charge in [-0.15, -0.1) is 0 Å². The van der Waals surface area contributed by atoms with Crippen molar-refractivity contribution >= 4 is 29.3 Å². The number of aromatic nitrogens is 1. The van der Waals surface area contributed by atoms with Crippen LogP contribution in [-0.2, 0) is 16.1 Å². The maximum Gasteiger partial charge on any atom is 0.240 e. The van der Waals surface area contributed by atoms with E-state index in [1.807, 2.05) is 6.07 Å². The number of carbonyl (C=O) groups excluding carboxylic acids is 2. The van der Waals surface area contributed by atoms with Gasteiger partial charge in [0.05, 0.1) is 23.7 Å². The van der Waals surface area contributed by atoms with Crippen LogP contribution < -0.4 is 10.2 Å². The van der Waals surface area contributed by atoms with Crippen LogP contribution in [0, 0.1) is 0 Å². The number of carbonyl (C=O) groups is 2. The molecule has 0 radical (unpaired) electrons. The summed E-state index contributed by atoms with van der Waals surface area (Å²) in [5.41, 5.74) is 0.782. The summed E-state index contributed by atoms with van der Waals surface area (Å²) in [5, 5.41) is 3.07. The molecule has 0 bridgehead atoms. The molecular formula is C15H15N3O3S. The average Bonchev–Trinajstić information content (AvgIpc) is 3.04. The topological polar surface area (TPSA) is 75.4 Å². The van der Waals surface area contributed by atoms with Gasteiger partial charge >= 0.3 is 0 Å². The molecule has 1 aliphatic rings. The van der Waals surface area contributed by atoms with Crippen LogP contribution in [0.3, 0.4) is 0 Å². The van der Waals surface area contributed by atoms with E-state index in [0.29, 0.717) is 12.3 Å². The molecule has 2 aromatic heterocycles. The fraction of sp³-hybridized carbons (Fsp3) is 0.267. The first kappa shape index (κ1) is 14.6. The van der Waals surface area contributed by atoms with Gasteiger partial charge in [0.25, 0.3) is 0 Å². The van der Waals surface area contributed by atoms with E-state index in [0.717, 1.165) is 10.7 Å². The Morgan fingerprint density at radius 3 is 3.09 bits per heavy atom. The summed E-state index contributed by atoms with van der Waals surface area (Å²) in [6.45, 7) is 0.322. The summed E-state index contributed by atoms with van der Waals surface area (Å²) < 4.78 is 5.15. The standard InChI is InChI=1S/C15H15N3O3S/c1-18-11-5-2-6-16-14(11)22-12(15(18)20)8-13(19)17-9-10-4-3-7-21-10/h2-7,12H,8-9H2,1H3,(H,17,19)/t12-/m1/s1. The highest BCUT2D eigenvalue weighted by Crippen LogP contribution is 2.37. The highest BCUT2D eigenvalue weighted by Gasteiger charge is 2.33. The van der Waals surface area contributed by atoms with Gasteiger partial charge in [-0.3, -0.25) is 9.59 Å². The predicted octanol–water partition coefficient (Wildman–Crippen LogP) is 1.82. The fourth-order valence-electron chi connectivity index (χ4n) is 2.22. The number of rotatable bonds is 4. The predicted molar refractivity (Wildman–Crippen MR) is 82.5 cm³/mol. The second kappa shape index (κ2) is 6.23. The van der Waals surface area contributed by atoms with E-state index in [4.69, 9.17) is 4.42 Å². The molecule has 1 aliphatic heterocycles. The number of pyridine rings is 1. The highest BCUT2D eigenvalue weighted by molar-refractivity contribution is 8.00. The largest absolute Gasteiger partial charge is 0.467 e. The Kier molecular flexibility index (Phi) is 4.15. The van der Waals surface area contributed by atoms with E-state index in [2.05, 4.69) is 10.3 Å². The van der Waals surface area contributed by atoms with Crippen molar-refractivity contribution in [2.45, 2.75) is 23.2 Å². The van der Waals surface area contributed by atoms with Gasteiger partial charge in [-0.2, -0.15) is 0 Å². The van der Waals surface area contributed by atoms with Crippen molar-refractivity contribution < 1.29 is 14.0 Å². The number of furan rings is 1. The first-order valence-corrected chi connectivity index (χ1v) is 7.71. The van der Waals surface area contributed by atoms with Crippen LogP contribution in [0.4, 0.5) is 5.69 Å². The number of nitrogens with zero attached hydrogens (tertiary/aromatic N) is 2. The average molecular weight is 317 g/mol. The molecule has 6 nitrogen and oxygen atoms in total. The van der Waals surface area contributed by atoms with Crippen LogP contribution in [0.15, 0.2) is 46.2 Å². The molecule has 0 unspecified atom stereocenters. The van der Waals surface area contributed by atoms with Crippen molar-refractivity contribution in [3.63, 3.8) is 0 Å². The Labute approximate surface area is 131 Å². The van der Waals surface area contributed by atoms with E-state index in [-0.39, 0.29) is 18.2 Å². The molecule has 1 N–H and O–H groups in total. The summed E-state index contributed by atoms with van der Waals surface area (Å²) in [5.74, 6) is 0.411. The van der Waals surface area contributed by atoms with E-state index in [1.54, 1.807) is 42.6 Å². The number of hydrogen-bond donors (Lipinski definition) is 1. The molecule has 0 aliphatic carbocycles. The zero-order valence-electron chi connectivity index (χ0n) is 12.0. The van der Waals surface area contributed by atoms with Crippen molar-refractivity contribution in [2.24, 2.45) is 0 Å². The molecule has 114 valence electrons. The number of amides is 2. The monoisotopic (exact) mass is 317 g/mol. The lowest BCUT2D eigenvalue weighted by Gasteiger charge is -2.29. The molecule has 22 heavy (non-hydrogen) atoms.